The predicted octanol–water partition coefficient (Wildman–Crippen LogP) is 4.60. The quantitative estimate of drug-likeness (QED) is 0.270. The smallest absolute Gasteiger partial charge is 0.255 e. The summed E-state index contributed by atoms with van der Waals surface area (Å²) in [5.74, 6) is -0.371. The van der Waals surface area contributed by atoms with E-state index in [4.69, 9.17) is 17.8 Å². The second-order valence-corrected chi connectivity index (χ2v) is 8.20. The summed E-state index contributed by atoms with van der Waals surface area (Å²) in [7, 11) is 0. The average molecular weight is 523 g/mol. The van der Waals surface area contributed by atoms with Crippen LogP contribution in [0.4, 0.5) is 17.3 Å². The van der Waals surface area contributed by atoms with E-state index in [1.54, 1.807) is 48.9 Å². The minimum absolute atomic E-state index is 0.0230. The molecule has 1 aliphatic heterocycles. The molecule has 1 fully saturated rings. The Morgan fingerprint density at radius 2 is 1.97 bits per heavy atom. The minimum Gasteiger partial charge on any atom is -0.633 e. The molecule has 0 bridgehead atoms. The third-order valence-corrected chi connectivity index (χ3v) is 5.38. The van der Waals surface area contributed by atoms with E-state index >= 15 is 0 Å². The minimum atomic E-state index is -4.25. The van der Waals surface area contributed by atoms with Crippen LogP contribution >= 0.6 is 0 Å². The lowest BCUT2D eigenvalue weighted by Crippen LogP contribution is -2.53. The number of hydrogen-bond donors (Lipinski definition) is 2. The Bertz CT molecular complexity index is 1920. The number of carbonyl (C=O) groups excluding carboxylic acids is 1. The van der Waals surface area contributed by atoms with E-state index in [0.717, 1.165) is 35.4 Å². The van der Waals surface area contributed by atoms with Crippen LogP contribution in [0.2, 0.25) is 0 Å². The van der Waals surface area contributed by atoms with Crippen LogP contribution in [0.3, 0.4) is 0 Å². The molecular weight excluding hydrogens is 478 g/mol. The Labute approximate surface area is 240 Å². The topological polar surface area (TPSA) is 106 Å². The number of quaternary nitrogens is 1. The highest BCUT2D eigenvalue weighted by Gasteiger charge is 2.21. The predicted molar refractivity (Wildman–Crippen MR) is 149 cm³/mol. The van der Waals surface area contributed by atoms with Gasteiger partial charge in [-0.15, -0.1) is 0 Å². The molecule has 38 heavy (non-hydrogen) atoms. The molecule has 1 amide bonds. The summed E-state index contributed by atoms with van der Waals surface area (Å²) in [6.07, 6.45) is 4.89. The van der Waals surface area contributed by atoms with Gasteiger partial charge in [0.05, 0.1) is 35.3 Å². The van der Waals surface area contributed by atoms with Gasteiger partial charge in [-0.1, -0.05) is 18.2 Å². The number of benzene rings is 2. The van der Waals surface area contributed by atoms with Crippen molar-refractivity contribution in [2.45, 2.75) is 13.4 Å². The molecule has 0 saturated carbocycles. The molecule has 5 rings (SSSR count). The van der Waals surface area contributed by atoms with E-state index in [1.165, 1.54) is 0 Å². The molecule has 1 aliphatic rings. The van der Waals surface area contributed by atoms with Crippen molar-refractivity contribution in [2.24, 2.45) is 0 Å². The number of pyridine rings is 1. The Kier molecular flexibility index (Phi) is 4.10. The maximum Gasteiger partial charge on any atom is 0.255 e. The molecule has 2 N–H and O–H groups in total. The highest BCUT2D eigenvalue weighted by Crippen LogP contribution is 2.25. The summed E-state index contributed by atoms with van der Waals surface area (Å²) in [6, 6.07) is 14.6. The Morgan fingerprint density at radius 3 is 2.71 bits per heavy atom. The van der Waals surface area contributed by atoms with Gasteiger partial charge < -0.3 is 20.5 Å². The number of nitrogens with zero attached hydrogens (tertiary/aromatic N) is 5. The zero-order valence-corrected chi connectivity index (χ0v) is 20.1. The van der Waals surface area contributed by atoms with Gasteiger partial charge >= 0.3 is 0 Å². The number of carbonyl (C=O) groups is 1. The first-order valence-electron chi connectivity index (χ1n) is 17.8. The van der Waals surface area contributed by atoms with Gasteiger partial charge in [0.15, 0.2) is 0 Å². The molecule has 4 aromatic rings. The SMILES string of the molecule is [2H]C([2H])(c1ccc(C(=O)Nc2ccc(C)c(Nc3nccc(-c4cccnc4)n3)c2)cc1)N1C([2H])([2H])C([2H])([2H])[N+]([O-])(C([2H])([2H])[2H])C([2H])([2H])C1([2H])[2H]. The van der Waals surface area contributed by atoms with Crippen molar-refractivity contribution in [1.82, 2.24) is 19.9 Å². The van der Waals surface area contributed by atoms with Crippen molar-refractivity contribution >= 4 is 23.2 Å². The second-order valence-electron chi connectivity index (χ2n) is 8.20. The van der Waals surface area contributed by atoms with Crippen molar-refractivity contribution in [2.75, 3.05) is 43.6 Å². The fourth-order valence-corrected chi connectivity index (χ4v) is 3.43. The first-order valence-corrected chi connectivity index (χ1v) is 11.3. The van der Waals surface area contributed by atoms with E-state index in [1.807, 2.05) is 13.0 Å². The highest BCUT2D eigenvalue weighted by atomic mass is 16.5. The van der Waals surface area contributed by atoms with Crippen molar-refractivity contribution in [3.05, 3.63) is 101 Å². The molecule has 0 spiro atoms. The van der Waals surface area contributed by atoms with Gasteiger partial charge in [-0.05, 0) is 60.5 Å². The molecule has 194 valence electrons. The standard InChI is InChI=1S/C29H31N7O2/c1-21-5-10-25(18-27(21)34-29-31-13-11-26(33-29)24-4-3-12-30-19-24)32-28(37)23-8-6-22(7-9-23)20-35-14-16-36(2,38)17-15-35/h3-13,18-19H,14-17,20H2,1-2H3,(H,32,37)(H,31,33,34)/i2D3,14D2,15D2,16D2,17D2,20D2. The number of amides is 1. The lowest BCUT2D eigenvalue weighted by Gasteiger charge is -2.45. The van der Waals surface area contributed by atoms with E-state index < -0.39 is 60.5 Å². The highest BCUT2D eigenvalue weighted by molar-refractivity contribution is 6.04. The van der Waals surface area contributed by atoms with Crippen molar-refractivity contribution in [1.29, 1.82) is 0 Å². The van der Waals surface area contributed by atoms with Gasteiger partial charge in [0, 0.05) is 68.8 Å². The fourth-order valence-electron chi connectivity index (χ4n) is 3.43. The third kappa shape index (κ3) is 6.38. The summed E-state index contributed by atoms with van der Waals surface area (Å²) >= 11 is 0. The van der Waals surface area contributed by atoms with Crippen LogP contribution in [-0.2, 0) is 6.50 Å². The summed E-state index contributed by atoms with van der Waals surface area (Å²) in [5.41, 5.74) is 2.57. The van der Waals surface area contributed by atoms with Gasteiger partial charge in [0.2, 0.25) is 5.95 Å². The van der Waals surface area contributed by atoms with Crippen LogP contribution in [0.5, 0.6) is 0 Å². The number of aromatic nitrogens is 3. The van der Waals surface area contributed by atoms with Crippen molar-refractivity contribution < 1.29 is 27.3 Å². The van der Waals surface area contributed by atoms with Crippen LogP contribution in [0.15, 0.2) is 79.3 Å². The number of hydroxylamine groups is 3. The van der Waals surface area contributed by atoms with Crippen LogP contribution in [0, 0.1) is 12.1 Å². The van der Waals surface area contributed by atoms with E-state index in [-0.39, 0.29) is 11.5 Å². The third-order valence-electron chi connectivity index (χ3n) is 5.38. The Morgan fingerprint density at radius 1 is 1.16 bits per heavy atom. The molecule has 9 nitrogen and oxygen atoms in total. The number of anilines is 3. The van der Waals surface area contributed by atoms with Gasteiger partial charge in [-0.2, -0.15) is 0 Å². The van der Waals surface area contributed by atoms with Gasteiger partial charge in [-0.25, -0.2) is 9.97 Å². The number of rotatable bonds is 7. The largest absolute Gasteiger partial charge is 0.633 e. The lowest BCUT2D eigenvalue weighted by molar-refractivity contribution is -0.865. The first kappa shape index (κ1) is 14.1. The first-order chi connectivity index (χ1) is 23.4. The van der Waals surface area contributed by atoms with E-state index in [0.29, 0.717) is 17.1 Å². The Hall–Kier alpha value is -4.18. The van der Waals surface area contributed by atoms with Crippen LogP contribution in [-0.4, -0.2) is 63.4 Å². The second kappa shape index (κ2) is 11.1. The number of likely N-dealkylation sites (N-methyl/N-ethyl adjacent to an activating group) is 1. The van der Waals surface area contributed by atoms with Crippen molar-refractivity contribution in [3.8, 4) is 11.3 Å². The summed E-state index contributed by atoms with van der Waals surface area (Å²) in [4.78, 5) is 25.6. The summed E-state index contributed by atoms with van der Waals surface area (Å²) in [5, 5.41) is 19.3. The number of nitrogens with one attached hydrogen (secondary N) is 2. The number of piperazine rings is 1. The molecule has 9 heteroatoms. The molecule has 0 radical (unpaired) electrons. The summed E-state index contributed by atoms with van der Waals surface area (Å²) in [6.45, 7) is -22.3. The van der Waals surface area contributed by atoms with Crippen LogP contribution < -0.4 is 10.6 Å². The van der Waals surface area contributed by atoms with Gasteiger partial charge in [0.25, 0.3) is 5.91 Å². The summed E-state index contributed by atoms with van der Waals surface area (Å²) < 4.78 is 103. The molecule has 1 saturated heterocycles. The van der Waals surface area contributed by atoms with Crippen LogP contribution in [0.25, 0.3) is 11.3 Å². The molecule has 2 aromatic heterocycles. The molecule has 3 heterocycles. The lowest BCUT2D eigenvalue weighted by atomic mass is 10.1. The average Bonchev–Trinajstić information content (AvgIpc) is 3.04. The number of aryl methyl sites for hydroxylation is 1. The molecular formula is C29H31N7O2. The van der Waals surface area contributed by atoms with Gasteiger partial charge in [-0.3, -0.25) is 14.7 Å². The monoisotopic (exact) mass is 522 g/mol. The molecule has 0 unspecified atom stereocenters. The number of hydrogen-bond acceptors (Lipinski definition) is 7. The van der Waals surface area contributed by atoms with Crippen LogP contribution in [0.1, 0.15) is 39.3 Å². The molecule has 2 aromatic carbocycles. The molecule has 0 atom stereocenters. The zero-order valence-electron chi connectivity index (χ0n) is 33.1. The maximum atomic E-state index is 13.5. The van der Waals surface area contributed by atoms with Crippen molar-refractivity contribution in [3.63, 3.8) is 0 Å². The van der Waals surface area contributed by atoms with E-state index in [2.05, 4.69) is 25.6 Å². The van der Waals surface area contributed by atoms with Gasteiger partial charge in [0.1, 0.15) is 0 Å². The zero-order chi connectivity index (χ0) is 38.0. The Balaban J connectivity index is 1.39. The normalized spacial score (nSPS) is 26.2. The maximum absolute atomic E-state index is 13.5. The molecule has 0 aliphatic carbocycles. The fraction of sp³-hybridized carbons (Fsp3) is 0.241. The van der Waals surface area contributed by atoms with E-state index in [9.17, 15) is 10.0 Å².